The molecule has 112 valence electrons. The van der Waals surface area contributed by atoms with E-state index in [1.54, 1.807) is 12.1 Å². The highest BCUT2D eigenvalue weighted by Gasteiger charge is 2.35. The van der Waals surface area contributed by atoms with E-state index in [9.17, 15) is 13.2 Å². The van der Waals surface area contributed by atoms with Gasteiger partial charge in [-0.05, 0) is 55.7 Å². The average Bonchev–Trinajstić information content (AvgIpc) is 3.31. The van der Waals surface area contributed by atoms with Crippen LogP contribution in [0.4, 0.5) is 18.9 Å². The summed E-state index contributed by atoms with van der Waals surface area (Å²) in [5, 5.41) is 8.86. The molecule has 0 amide bonds. The summed E-state index contributed by atoms with van der Waals surface area (Å²) in [5.74, 6) is 1.24. The maximum atomic E-state index is 13.1. The Morgan fingerprint density at radius 3 is 2.10 bits per heavy atom. The molecular formula is C16H17F3N2. The molecule has 0 radical (unpaired) electrons. The molecule has 2 fully saturated rings. The van der Waals surface area contributed by atoms with E-state index in [0.717, 1.165) is 19.2 Å². The summed E-state index contributed by atoms with van der Waals surface area (Å²) < 4.78 is 39.2. The molecular weight excluding hydrogens is 277 g/mol. The Labute approximate surface area is 122 Å². The average molecular weight is 294 g/mol. The maximum Gasteiger partial charge on any atom is 0.417 e. The molecule has 2 aliphatic carbocycles. The molecule has 0 heterocycles. The van der Waals surface area contributed by atoms with Gasteiger partial charge in [-0.15, -0.1) is 0 Å². The maximum absolute atomic E-state index is 13.1. The molecule has 0 N–H and O–H groups in total. The summed E-state index contributed by atoms with van der Waals surface area (Å²) >= 11 is 0. The summed E-state index contributed by atoms with van der Waals surface area (Å²) in [5.41, 5.74) is -0.525. The molecule has 2 saturated carbocycles. The second-order valence-electron chi connectivity index (χ2n) is 6.13. The van der Waals surface area contributed by atoms with Gasteiger partial charge in [-0.25, -0.2) is 0 Å². The van der Waals surface area contributed by atoms with Crippen LogP contribution in [0.3, 0.4) is 0 Å². The van der Waals surface area contributed by atoms with Crippen molar-refractivity contribution in [2.75, 3.05) is 18.0 Å². The zero-order valence-corrected chi connectivity index (χ0v) is 11.7. The third-order valence-corrected chi connectivity index (χ3v) is 4.15. The Kier molecular flexibility index (Phi) is 3.56. The van der Waals surface area contributed by atoms with Crippen LogP contribution in [0, 0.1) is 23.2 Å². The molecule has 0 aliphatic heterocycles. The molecule has 1 aromatic rings. The number of hydrogen-bond acceptors (Lipinski definition) is 2. The fourth-order valence-corrected chi connectivity index (χ4v) is 2.57. The lowest BCUT2D eigenvalue weighted by molar-refractivity contribution is -0.137. The van der Waals surface area contributed by atoms with Crippen molar-refractivity contribution in [1.82, 2.24) is 0 Å². The lowest BCUT2D eigenvalue weighted by Gasteiger charge is -2.26. The normalized spacial score (nSPS) is 18.4. The molecule has 0 atom stereocenters. The smallest absolute Gasteiger partial charge is 0.371 e. The van der Waals surface area contributed by atoms with Gasteiger partial charge in [0.2, 0.25) is 0 Å². The number of hydrogen-bond donors (Lipinski definition) is 0. The molecule has 0 bridgehead atoms. The molecule has 1 aromatic carbocycles. The molecule has 0 unspecified atom stereocenters. The fourth-order valence-electron chi connectivity index (χ4n) is 2.57. The van der Waals surface area contributed by atoms with Crippen LogP contribution >= 0.6 is 0 Å². The molecule has 3 rings (SSSR count). The zero-order valence-electron chi connectivity index (χ0n) is 11.7. The van der Waals surface area contributed by atoms with E-state index >= 15 is 0 Å². The van der Waals surface area contributed by atoms with Gasteiger partial charge in [0.1, 0.15) is 0 Å². The van der Waals surface area contributed by atoms with Crippen LogP contribution in [0.5, 0.6) is 0 Å². The molecule has 0 saturated heterocycles. The predicted octanol–water partition coefficient (Wildman–Crippen LogP) is 4.20. The SMILES string of the molecule is N#Cc1ccc(N(CC2CC2)CC2CC2)cc1C(F)(F)F. The standard InChI is InChI=1S/C16H17F3N2/c17-16(18,19)15-7-14(6-5-13(15)8-20)21(9-11-1-2-11)10-12-3-4-12/h5-7,11-12H,1-4,9-10H2. The fraction of sp³-hybridized carbons (Fsp3) is 0.562. The number of nitrogens with zero attached hydrogens (tertiary/aromatic N) is 2. The van der Waals surface area contributed by atoms with E-state index in [1.165, 1.54) is 31.7 Å². The first kappa shape index (κ1) is 14.2. The van der Waals surface area contributed by atoms with E-state index in [2.05, 4.69) is 4.90 Å². The number of nitriles is 1. The summed E-state index contributed by atoms with van der Waals surface area (Å²) in [6, 6.07) is 5.73. The van der Waals surface area contributed by atoms with Crippen molar-refractivity contribution in [3.63, 3.8) is 0 Å². The quantitative estimate of drug-likeness (QED) is 0.813. The number of alkyl halides is 3. The van der Waals surface area contributed by atoms with Crippen molar-refractivity contribution >= 4 is 5.69 Å². The van der Waals surface area contributed by atoms with E-state index in [0.29, 0.717) is 17.5 Å². The van der Waals surface area contributed by atoms with Gasteiger partial charge in [-0.2, -0.15) is 18.4 Å². The van der Waals surface area contributed by atoms with Crippen molar-refractivity contribution in [2.24, 2.45) is 11.8 Å². The van der Waals surface area contributed by atoms with Crippen LogP contribution in [0.25, 0.3) is 0 Å². The monoisotopic (exact) mass is 294 g/mol. The van der Waals surface area contributed by atoms with Crippen molar-refractivity contribution in [3.8, 4) is 6.07 Å². The highest BCUT2D eigenvalue weighted by atomic mass is 19.4. The second kappa shape index (κ2) is 5.25. The van der Waals surface area contributed by atoms with Crippen LogP contribution in [-0.2, 0) is 6.18 Å². The van der Waals surface area contributed by atoms with Gasteiger partial charge in [-0.3, -0.25) is 0 Å². The largest absolute Gasteiger partial charge is 0.417 e. The minimum absolute atomic E-state index is 0.302. The Bertz CT molecular complexity index is 552. The number of anilines is 1. The number of halogens is 3. The first-order valence-electron chi connectivity index (χ1n) is 7.33. The van der Waals surface area contributed by atoms with Gasteiger partial charge >= 0.3 is 6.18 Å². The molecule has 2 nitrogen and oxygen atoms in total. The van der Waals surface area contributed by atoms with Crippen molar-refractivity contribution in [1.29, 1.82) is 5.26 Å². The van der Waals surface area contributed by atoms with Crippen LogP contribution in [0.1, 0.15) is 36.8 Å². The minimum Gasteiger partial charge on any atom is -0.371 e. The van der Waals surface area contributed by atoms with Gasteiger partial charge in [-0.1, -0.05) is 0 Å². The third kappa shape index (κ3) is 3.49. The molecule has 2 aliphatic rings. The van der Waals surface area contributed by atoms with E-state index < -0.39 is 11.7 Å². The topological polar surface area (TPSA) is 27.0 Å². The predicted molar refractivity (Wildman–Crippen MR) is 73.8 cm³/mol. The Hall–Kier alpha value is -1.70. The van der Waals surface area contributed by atoms with Crippen LogP contribution < -0.4 is 4.90 Å². The zero-order chi connectivity index (χ0) is 15.0. The van der Waals surface area contributed by atoms with Crippen LogP contribution in [-0.4, -0.2) is 13.1 Å². The van der Waals surface area contributed by atoms with Crippen molar-refractivity contribution in [2.45, 2.75) is 31.9 Å². The highest BCUT2D eigenvalue weighted by molar-refractivity contribution is 5.55. The Morgan fingerprint density at radius 2 is 1.67 bits per heavy atom. The summed E-state index contributed by atoms with van der Waals surface area (Å²) in [6.45, 7) is 1.67. The summed E-state index contributed by atoms with van der Waals surface area (Å²) in [7, 11) is 0. The van der Waals surface area contributed by atoms with Gasteiger partial charge in [0.25, 0.3) is 0 Å². The highest BCUT2D eigenvalue weighted by Crippen LogP contribution is 2.38. The van der Waals surface area contributed by atoms with Crippen LogP contribution in [0.15, 0.2) is 18.2 Å². The van der Waals surface area contributed by atoms with Crippen molar-refractivity contribution < 1.29 is 13.2 Å². The molecule has 21 heavy (non-hydrogen) atoms. The van der Waals surface area contributed by atoms with Gasteiger partial charge in [0.15, 0.2) is 0 Å². The molecule has 0 aromatic heterocycles. The van der Waals surface area contributed by atoms with Gasteiger partial charge in [0.05, 0.1) is 17.2 Å². The Morgan fingerprint density at radius 1 is 1.10 bits per heavy atom. The second-order valence-corrected chi connectivity index (χ2v) is 6.13. The minimum atomic E-state index is -4.48. The van der Waals surface area contributed by atoms with Crippen molar-refractivity contribution in [3.05, 3.63) is 29.3 Å². The number of rotatable bonds is 5. The first-order chi connectivity index (χ1) is 9.97. The van der Waals surface area contributed by atoms with Gasteiger partial charge < -0.3 is 4.90 Å². The summed E-state index contributed by atoms with van der Waals surface area (Å²) in [4.78, 5) is 2.08. The lowest BCUT2D eigenvalue weighted by Crippen LogP contribution is -2.28. The third-order valence-electron chi connectivity index (χ3n) is 4.15. The van der Waals surface area contributed by atoms with Gasteiger partial charge in [0, 0.05) is 18.8 Å². The summed E-state index contributed by atoms with van der Waals surface area (Å²) in [6.07, 6.45) is 0.201. The van der Waals surface area contributed by atoms with E-state index in [4.69, 9.17) is 5.26 Å². The Balaban J connectivity index is 1.89. The number of benzene rings is 1. The van der Waals surface area contributed by atoms with E-state index in [-0.39, 0.29) is 5.56 Å². The molecule has 5 heteroatoms. The first-order valence-corrected chi connectivity index (χ1v) is 7.33. The van der Waals surface area contributed by atoms with E-state index in [1.807, 2.05) is 0 Å². The lowest BCUT2D eigenvalue weighted by atomic mass is 10.1. The molecule has 0 spiro atoms. The van der Waals surface area contributed by atoms with Crippen LogP contribution in [0.2, 0.25) is 0 Å².